The Morgan fingerprint density at radius 3 is 2.74 bits per heavy atom. The second-order valence-electron chi connectivity index (χ2n) is 6.52. The normalized spacial score (nSPS) is 49.6. The van der Waals surface area contributed by atoms with Crippen molar-refractivity contribution in [1.82, 2.24) is 0 Å². The van der Waals surface area contributed by atoms with Crippen molar-refractivity contribution in [2.45, 2.75) is 45.3 Å². The molecule has 0 radical (unpaired) electrons. The molecule has 1 N–H and O–H groups in total. The lowest BCUT2D eigenvalue weighted by Gasteiger charge is -2.37. The van der Waals surface area contributed by atoms with E-state index in [1.54, 1.807) is 0 Å². The number of aliphatic hydroxyl groups excluding tert-OH is 1. The quantitative estimate of drug-likeness (QED) is 0.531. The molecular formula is C15H20O4. The molecular weight excluding hydrogens is 244 g/mol. The van der Waals surface area contributed by atoms with Crippen LogP contribution < -0.4 is 0 Å². The van der Waals surface area contributed by atoms with Crippen LogP contribution in [0.4, 0.5) is 0 Å². The van der Waals surface area contributed by atoms with Crippen molar-refractivity contribution < 1.29 is 19.4 Å². The van der Waals surface area contributed by atoms with Crippen molar-refractivity contribution >= 4 is 11.8 Å². The molecule has 0 unspecified atom stereocenters. The van der Waals surface area contributed by atoms with Gasteiger partial charge >= 0.3 is 5.97 Å². The summed E-state index contributed by atoms with van der Waals surface area (Å²) in [4.78, 5) is 24.2. The first-order valence-corrected chi connectivity index (χ1v) is 6.98. The van der Waals surface area contributed by atoms with E-state index in [9.17, 15) is 14.7 Å². The monoisotopic (exact) mass is 264 g/mol. The van der Waals surface area contributed by atoms with Gasteiger partial charge in [0.15, 0.2) is 0 Å². The van der Waals surface area contributed by atoms with Crippen LogP contribution in [0.1, 0.15) is 33.1 Å². The summed E-state index contributed by atoms with van der Waals surface area (Å²) in [6.07, 6.45) is 0.828. The molecule has 4 nitrogen and oxygen atoms in total. The highest BCUT2D eigenvalue weighted by molar-refractivity contribution is 5.94. The molecule has 4 heteroatoms. The van der Waals surface area contributed by atoms with E-state index in [-0.39, 0.29) is 35.9 Å². The molecule has 3 aliphatic rings. The highest BCUT2D eigenvalue weighted by Crippen LogP contribution is 2.56. The molecule has 1 aliphatic heterocycles. The maximum Gasteiger partial charge on any atom is 0.334 e. The molecule has 1 heterocycles. The summed E-state index contributed by atoms with van der Waals surface area (Å²) in [5.74, 6) is -0.286. The van der Waals surface area contributed by atoms with E-state index in [1.165, 1.54) is 0 Å². The van der Waals surface area contributed by atoms with Crippen LogP contribution in [0.5, 0.6) is 0 Å². The molecule has 6 atom stereocenters. The first-order valence-electron chi connectivity index (χ1n) is 6.98. The third-order valence-corrected chi connectivity index (χ3v) is 5.55. The van der Waals surface area contributed by atoms with Gasteiger partial charge in [-0.2, -0.15) is 0 Å². The van der Waals surface area contributed by atoms with E-state index >= 15 is 0 Å². The average molecular weight is 264 g/mol. The van der Waals surface area contributed by atoms with E-state index < -0.39 is 17.6 Å². The minimum atomic E-state index is -0.755. The van der Waals surface area contributed by atoms with Crippen LogP contribution in [0.25, 0.3) is 0 Å². The van der Waals surface area contributed by atoms with E-state index in [0.717, 1.165) is 12.8 Å². The fourth-order valence-corrected chi connectivity index (χ4v) is 4.54. The summed E-state index contributed by atoms with van der Waals surface area (Å²) in [6.45, 7) is 7.77. The molecule has 0 amide bonds. The fourth-order valence-electron chi connectivity index (χ4n) is 4.54. The molecule has 3 rings (SSSR count). The molecule has 19 heavy (non-hydrogen) atoms. The second-order valence-corrected chi connectivity index (χ2v) is 6.52. The summed E-state index contributed by atoms with van der Waals surface area (Å²) in [5, 5.41) is 10.2. The van der Waals surface area contributed by atoms with Gasteiger partial charge in [0.05, 0.1) is 11.5 Å². The molecule has 0 aromatic rings. The number of ketones is 1. The number of ether oxygens (including phenoxy) is 1. The SMILES string of the molecule is C=C1C(=O)O[C@@H]2[C@H]1CC[C@H](C)[C@@H]1[C@@H](O)CC(=O)[C@]12C. The highest BCUT2D eigenvalue weighted by Gasteiger charge is 2.63. The molecule has 0 bridgehead atoms. The van der Waals surface area contributed by atoms with Gasteiger partial charge in [0, 0.05) is 23.8 Å². The molecule has 104 valence electrons. The van der Waals surface area contributed by atoms with Crippen LogP contribution in [0.15, 0.2) is 12.2 Å². The van der Waals surface area contributed by atoms with Crippen molar-refractivity contribution in [3.05, 3.63) is 12.2 Å². The number of fused-ring (bicyclic) bond motifs is 3. The standard InChI is InChI=1S/C15H20O4/c1-7-4-5-9-8(2)14(18)19-13(9)15(3)11(17)6-10(16)12(7)15/h7,9-10,12-13,16H,2,4-6H2,1,3H3/t7-,9-,10-,12+,13+,15+/m0/s1. The Morgan fingerprint density at radius 1 is 1.37 bits per heavy atom. The number of esters is 1. The summed E-state index contributed by atoms with van der Waals surface area (Å²) in [7, 11) is 0. The number of Topliss-reactive ketones (excluding diaryl/α,β-unsaturated/α-hetero) is 1. The number of carbonyl (C=O) groups excluding carboxylic acids is 2. The predicted molar refractivity (Wildman–Crippen MR) is 68.1 cm³/mol. The van der Waals surface area contributed by atoms with Gasteiger partial charge in [0.2, 0.25) is 0 Å². The van der Waals surface area contributed by atoms with Crippen LogP contribution in [-0.4, -0.2) is 29.1 Å². The van der Waals surface area contributed by atoms with Crippen molar-refractivity contribution in [1.29, 1.82) is 0 Å². The van der Waals surface area contributed by atoms with E-state index in [4.69, 9.17) is 4.74 Å². The summed E-state index contributed by atoms with van der Waals surface area (Å²) < 4.78 is 5.47. The lowest BCUT2D eigenvalue weighted by molar-refractivity contribution is -0.152. The maximum atomic E-state index is 12.4. The van der Waals surface area contributed by atoms with Crippen molar-refractivity contribution in [2.75, 3.05) is 0 Å². The summed E-state index contributed by atoms with van der Waals surface area (Å²) in [6, 6.07) is 0. The second kappa shape index (κ2) is 3.92. The molecule has 2 aliphatic carbocycles. The zero-order valence-corrected chi connectivity index (χ0v) is 11.4. The Labute approximate surface area is 112 Å². The predicted octanol–water partition coefficient (Wildman–Crippen LogP) is 1.47. The minimum absolute atomic E-state index is 0.0243. The number of rotatable bonds is 0. The first-order chi connectivity index (χ1) is 8.87. The van der Waals surface area contributed by atoms with Gasteiger partial charge in [-0.25, -0.2) is 4.79 Å². The van der Waals surface area contributed by atoms with Crippen LogP contribution in [-0.2, 0) is 14.3 Å². The third-order valence-electron chi connectivity index (χ3n) is 5.55. The Balaban J connectivity index is 2.09. The highest BCUT2D eigenvalue weighted by atomic mass is 16.6. The Morgan fingerprint density at radius 2 is 2.05 bits per heavy atom. The lowest BCUT2D eigenvalue weighted by Crippen LogP contribution is -2.46. The van der Waals surface area contributed by atoms with E-state index in [2.05, 4.69) is 13.5 Å². The number of carbonyl (C=O) groups is 2. The molecule has 1 saturated heterocycles. The maximum absolute atomic E-state index is 12.4. The topological polar surface area (TPSA) is 63.6 Å². The first kappa shape index (κ1) is 12.9. The van der Waals surface area contributed by atoms with Gasteiger partial charge in [-0.3, -0.25) is 4.79 Å². The smallest absolute Gasteiger partial charge is 0.334 e. The van der Waals surface area contributed by atoms with Crippen molar-refractivity contribution in [3.63, 3.8) is 0 Å². The third kappa shape index (κ3) is 1.49. The largest absolute Gasteiger partial charge is 0.457 e. The van der Waals surface area contributed by atoms with Crippen LogP contribution in [0.2, 0.25) is 0 Å². The molecule has 0 aromatic heterocycles. The summed E-state index contributed by atoms with van der Waals surface area (Å²) >= 11 is 0. The summed E-state index contributed by atoms with van der Waals surface area (Å²) in [5.41, 5.74) is -0.261. The van der Waals surface area contributed by atoms with Gasteiger partial charge < -0.3 is 9.84 Å². The molecule has 0 spiro atoms. The van der Waals surface area contributed by atoms with Gasteiger partial charge in [-0.15, -0.1) is 0 Å². The molecule has 2 saturated carbocycles. The van der Waals surface area contributed by atoms with Gasteiger partial charge in [0.25, 0.3) is 0 Å². The van der Waals surface area contributed by atoms with E-state index in [0.29, 0.717) is 5.57 Å². The zero-order chi connectivity index (χ0) is 13.9. The van der Waals surface area contributed by atoms with Gasteiger partial charge in [0.1, 0.15) is 11.9 Å². The fraction of sp³-hybridized carbons (Fsp3) is 0.733. The Kier molecular flexibility index (Phi) is 2.65. The Hall–Kier alpha value is -1.16. The minimum Gasteiger partial charge on any atom is -0.457 e. The van der Waals surface area contributed by atoms with Gasteiger partial charge in [-0.05, 0) is 25.7 Å². The van der Waals surface area contributed by atoms with Crippen molar-refractivity contribution in [3.8, 4) is 0 Å². The average Bonchev–Trinajstić information content (AvgIpc) is 2.70. The van der Waals surface area contributed by atoms with Crippen LogP contribution in [0, 0.1) is 23.2 Å². The lowest BCUT2D eigenvalue weighted by atomic mass is 9.68. The van der Waals surface area contributed by atoms with Crippen LogP contribution >= 0.6 is 0 Å². The zero-order valence-electron chi connectivity index (χ0n) is 11.4. The molecule has 0 aromatic carbocycles. The number of aliphatic hydroxyl groups is 1. The van der Waals surface area contributed by atoms with E-state index in [1.807, 2.05) is 6.92 Å². The Bertz CT molecular complexity index is 469. The van der Waals surface area contributed by atoms with Crippen molar-refractivity contribution in [2.24, 2.45) is 23.2 Å². The molecule has 3 fully saturated rings. The number of hydrogen-bond acceptors (Lipinski definition) is 4. The number of hydrogen-bond donors (Lipinski definition) is 1. The van der Waals surface area contributed by atoms with Crippen LogP contribution in [0.3, 0.4) is 0 Å². The van der Waals surface area contributed by atoms with Gasteiger partial charge in [-0.1, -0.05) is 13.5 Å².